The Hall–Kier alpha value is -5.55. The molecule has 0 aliphatic heterocycles. The van der Waals surface area contributed by atoms with Crippen molar-refractivity contribution in [1.82, 2.24) is 44.0 Å². The van der Waals surface area contributed by atoms with Crippen LogP contribution < -0.4 is 96.4 Å². The van der Waals surface area contributed by atoms with Crippen LogP contribution in [-0.4, -0.2) is 61.7 Å². The van der Waals surface area contributed by atoms with Crippen LogP contribution in [0.2, 0.25) is 15.1 Å². The summed E-state index contributed by atoms with van der Waals surface area (Å²) < 4.78 is 10.9. The van der Waals surface area contributed by atoms with E-state index in [9.17, 15) is 19.2 Å². The molecule has 0 aliphatic rings. The Balaban J connectivity index is 0.000000282. The van der Waals surface area contributed by atoms with Crippen molar-refractivity contribution in [1.29, 1.82) is 0 Å². The molecule has 18 nitrogen and oxygen atoms in total. The standard InChI is InChI=1S/C24H18ClN5O2.C23H16Cl2N6O2.CH4O.ClO.2Na.H2O/c1-14(29-23-21-19(31)10-11-26-22(21)27-13-28-23)18-12-15-6-5-9-17(25)20(15)24(32)30(18)16-7-3-2-4-8-16;1-12(29-21-18-19(32)15(25)10-26-20(18)27-11-28-21)22-30-16-9-5-8-14(24)17(16)23(33)31(22)13-6-3-2-4-7-13;2*1-2;;;/h2-14H,1H3,(H2,26,27,28,29,31);2-12H,1H3,(H2,26,27,28,29,32);2H,1H3;;;;1H2/q;;;-1;2*+1;/p-1. The fourth-order valence-corrected chi connectivity index (χ4v) is 8.29. The van der Waals surface area contributed by atoms with Crippen molar-refractivity contribution in [2.24, 2.45) is 0 Å². The first-order valence-electron chi connectivity index (χ1n) is 20.6. The van der Waals surface area contributed by atoms with Gasteiger partial charge in [0.2, 0.25) is 5.43 Å². The summed E-state index contributed by atoms with van der Waals surface area (Å²) in [7, 11) is 1.00. The molecule has 10 rings (SSSR count). The fraction of sp³-hybridized carbons (Fsp3) is 0.104. The van der Waals surface area contributed by atoms with E-state index < -0.39 is 11.5 Å². The minimum Gasteiger partial charge on any atom is -0.870 e. The summed E-state index contributed by atoms with van der Waals surface area (Å²) in [6.07, 6.45) is 5.65. The molecular formula is C48H39Cl4N11Na2O7. The molecular weight excluding hydrogens is 1030 g/mol. The number of hydrogen-bond donors (Lipinski definition) is 5. The molecule has 6 N–H and O–H groups in total. The van der Waals surface area contributed by atoms with Crippen LogP contribution >= 0.6 is 46.7 Å². The molecule has 0 aliphatic carbocycles. The van der Waals surface area contributed by atoms with Gasteiger partial charge < -0.3 is 35.8 Å². The SMILES string of the molecule is CC(Nc1ncnc2[nH]cc(Cl)c(=O)c12)c1nc2cccc(Cl)c2c(=O)n1-c1ccccc1.CC(Nc1ncnc2[nH]ccc(=O)c12)c1cc2cccc(Cl)c2c(=O)n1-c1ccccc1.CO.[Na+].[Na+].[O-]Cl.[OH-]. The number of H-pyrrole nitrogens is 2. The third-order valence-corrected chi connectivity index (χ3v) is 11.5. The summed E-state index contributed by atoms with van der Waals surface area (Å²) in [6.45, 7) is 3.74. The number of nitrogens with one attached hydrogen (secondary N) is 4. The Labute approximate surface area is 473 Å². The van der Waals surface area contributed by atoms with Crippen molar-refractivity contribution in [3.8, 4) is 11.4 Å². The van der Waals surface area contributed by atoms with Crippen molar-refractivity contribution >= 4 is 102 Å². The summed E-state index contributed by atoms with van der Waals surface area (Å²) in [6, 6.07) is 31.5. The van der Waals surface area contributed by atoms with Crippen molar-refractivity contribution in [2.45, 2.75) is 25.9 Å². The average Bonchev–Trinajstić information content (AvgIpc) is 3.37. The summed E-state index contributed by atoms with van der Waals surface area (Å²) in [5, 5.41) is 16.3. The Morgan fingerprint density at radius 3 is 1.75 bits per heavy atom. The molecule has 2 atom stereocenters. The number of fused-ring (bicyclic) bond motifs is 4. The number of hydrogen-bond acceptors (Lipinski definition) is 14. The minimum absolute atomic E-state index is 0. The van der Waals surface area contributed by atoms with Crippen molar-refractivity contribution in [3.63, 3.8) is 0 Å². The molecule has 6 heterocycles. The number of aromatic amines is 2. The monoisotopic (exact) mass is 1070 g/mol. The van der Waals surface area contributed by atoms with Gasteiger partial charge in [0.15, 0.2) is 5.43 Å². The number of halogens is 4. The normalized spacial score (nSPS) is 11.2. The second-order valence-corrected chi connectivity index (χ2v) is 16.0. The Bertz CT molecular complexity index is 3720. The third kappa shape index (κ3) is 12.3. The molecule has 24 heteroatoms. The zero-order valence-electron chi connectivity index (χ0n) is 38.9. The van der Waals surface area contributed by atoms with Gasteiger partial charge in [0.1, 0.15) is 57.2 Å². The van der Waals surface area contributed by atoms with Gasteiger partial charge in [0, 0.05) is 37.0 Å². The number of para-hydroxylation sites is 2. The van der Waals surface area contributed by atoms with Crippen LogP contribution in [0.4, 0.5) is 11.6 Å². The van der Waals surface area contributed by atoms with E-state index in [-0.39, 0.29) is 103 Å². The maximum atomic E-state index is 13.6. The molecule has 0 amide bonds. The third-order valence-electron chi connectivity index (χ3n) is 10.6. The van der Waals surface area contributed by atoms with Crippen LogP contribution in [0.3, 0.4) is 0 Å². The van der Waals surface area contributed by atoms with Gasteiger partial charge >= 0.3 is 59.1 Å². The number of aliphatic hydroxyl groups is 1. The molecule has 0 fully saturated rings. The summed E-state index contributed by atoms with van der Waals surface area (Å²) in [5.41, 5.74) is 2.19. The molecule has 0 bridgehead atoms. The Kier molecular flexibility index (Phi) is 22.1. The number of benzene rings is 4. The number of pyridine rings is 3. The van der Waals surface area contributed by atoms with Crippen LogP contribution in [0.25, 0.3) is 55.1 Å². The van der Waals surface area contributed by atoms with Gasteiger partial charge in [-0.1, -0.05) is 89.4 Å². The predicted molar refractivity (Wildman–Crippen MR) is 272 cm³/mol. The number of aliphatic hydroxyl groups excluding tert-OH is 1. The number of anilines is 2. The molecule has 0 saturated carbocycles. The molecule has 6 aromatic heterocycles. The fourth-order valence-electron chi connectivity index (χ4n) is 7.63. The van der Waals surface area contributed by atoms with Gasteiger partial charge in [-0.25, -0.2) is 36.8 Å². The van der Waals surface area contributed by atoms with Crippen LogP contribution in [0.15, 0.2) is 153 Å². The zero-order chi connectivity index (χ0) is 49.4. The molecule has 358 valence electrons. The molecule has 0 spiro atoms. The van der Waals surface area contributed by atoms with E-state index in [0.29, 0.717) is 71.7 Å². The van der Waals surface area contributed by atoms with Crippen LogP contribution in [0.5, 0.6) is 0 Å². The minimum atomic E-state index is -0.530. The largest absolute Gasteiger partial charge is 1.00 e. The van der Waals surface area contributed by atoms with Crippen molar-refractivity contribution in [2.75, 3.05) is 17.7 Å². The summed E-state index contributed by atoms with van der Waals surface area (Å²) in [4.78, 5) is 79.6. The molecule has 2 unspecified atom stereocenters. The van der Waals surface area contributed by atoms with E-state index in [1.165, 1.54) is 29.5 Å². The van der Waals surface area contributed by atoms with E-state index in [2.05, 4.69) is 52.4 Å². The summed E-state index contributed by atoms with van der Waals surface area (Å²) in [5.74, 6) is 1.09. The van der Waals surface area contributed by atoms with Gasteiger partial charge in [0.05, 0.1) is 44.1 Å². The molecule has 10 aromatic rings. The van der Waals surface area contributed by atoms with Gasteiger partial charge in [-0.3, -0.25) is 28.3 Å². The van der Waals surface area contributed by atoms with Crippen LogP contribution in [-0.2, 0) is 0 Å². The van der Waals surface area contributed by atoms with E-state index in [4.69, 9.17) is 49.6 Å². The molecule has 72 heavy (non-hydrogen) atoms. The number of rotatable bonds is 8. The van der Waals surface area contributed by atoms with E-state index in [0.717, 1.165) is 12.5 Å². The van der Waals surface area contributed by atoms with Gasteiger partial charge in [-0.05, 0) is 67.8 Å². The maximum absolute atomic E-state index is 13.6. The average molecular weight is 1070 g/mol. The second kappa shape index (κ2) is 26.9. The van der Waals surface area contributed by atoms with Gasteiger partial charge in [0.25, 0.3) is 11.1 Å². The Morgan fingerprint density at radius 2 is 1.12 bits per heavy atom. The smallest absolute Gasteiger partial charge is 0.870 e. The summed E-state index contributed by atoms with van der Waals surface area (Å²) >= 11 is 22.1. The van der Waals surface area contributed by atoms with Gasteiger partial charge in [-0.2, -0.15) is 0 Å². The zero-order valence-corrected chi connectivity index (χ0v) is 46.0. The predicted octanol–water partition coefficient (Wildman–Crippen LogP) is 1.89. The second-order valence-electron chi connectivity index (χ2n) is 14.8. The molecule has 0 saturated heterocycles. The maximum Gasteiger partial charge on any atom is 1.00 e. The van der Waals surface area contributed by atoms with Gasteiger partial charge in [-0.15, -0.1) is 0 Å². The molecule has 0 radical (unpaired) electrons. The van der Waals surface area contributed by atoms with E-state index in [1.54, 1.807) is 35.0 Å². The Morgan fingerprint density at radius 1 is 0.597 bits per heavy atom. The van der Waals surface area contributed by atoms with E-state index >= 15 is 0 Å². The molecule has 4 aromatic carbocycles. The number of aromatic nitrogens is 9. The van der Waals surface area contributed by atoms with E-state index in [1.807, 2.05) is 92.7 Å². The first kappa shape index (κ1) is 59.0. The quantitative estimate of drug-likeness (QED) is 0.136. The van der Waals surface area contributed by atoms with Crippen LogP contribution in [0.1, 0.15) is 37.4 Å². The van der Waals surface area contributed by atoms with Crippen molar-refractivity contribution < 1.29 is 74.4 Å². The van der Waals surface area contributed by atoms with Crippen LogP contribution in [0, 0.1) is 0 Å². The number of nitrogens with zero attached hydrogens (tertiary/aromatic N) is 7. The first-order valence-corrected chi connectivity index (χ1v) is 22.1. The topological polar surface area (TPSA) is 272 Å². The first-order chi connectivity index (χ1) is 33.5. The van der Waals surface area contributed by atoms with Crippen molar-refractivity contribution in [3.05, 3.63) is 202 Å².